The van der Waals surface area contributed by atoms with Crippen LogP contribution < -0.4 is 4.74 Å². The SMILES string of the molecule is CCOc1ccc(/C=N/OC(=O)c2ccccc2I)cc1. The summed E-state index contributed by atoms with van der Waals surface area (Å²) in [7, 11) is 0. The molecule has 2 aromatic carbocycles. The largest absolute Gasteiger partial charge is 0.494 e. The standard InChI is InChI=1S/C16H14INO3/c1-2-20-13-9-7-12(8-10-13)11-18-21-16(19)14-5-3-4-6-15(14)17/h3-11H,2H2,1H3/b18-11+. The number of nitrogens with zero attached hydrogens (tertiary/aromatic N) is 1. The number of carbonyl (C=O) groups is 1. The van der Waals surface area contributed by atoms with Crippen LogP contribution in [0.25, 0.3) is 0 Å². The number of halogens is 1. The summed E-state index contributed by atoms with van der Waals surface area (Å²) in [5.74, 6) is 0.327. The summed E-state index contributed by atoms with van der Waals surface area (Å²) in [5.41, 5.74) is 1.33. The van der Waals surface area contributed by atoms with Gasteiger partial charge in [0.1, 0.15) is 5.75 Å². The summed E-state index contributed by atoms with van der Waals surface area (Å²) in [6.07, 6.45) is 1.49. The van der Waals surface area contributed by atoms with Crippen molar-refractivity contribution in [3.05, 3.63) is 63.2 Å². The summed E-state index contributed by atoms with van der Waals surface area (Å²) >= 11 is 2.08. The minimum absolute atomic E-state index is 0.470. The Balaban J connectivity index is 1.96. The van der Waals surface area contributed by atoms with Crippen LogP contribution >= 0.6 is 22.6 Å². The quantitative estimate of drug-likeness (QED) is 0.334. The summed E-state index contributed by atoms with van der Waals surface area (Å²) in [6.45, 7) is 2.56. The van der Waals surface area contributed by atoms with Crippen molar-refractivity contribution in [2.24, 2.45) is 5.16 Å². The van der Waals surface area contributed by atoms with E-state index in [0.29, 0.717) is 12.2 Å². The second kappa shape index (κ2) is 7.78. The van der Waals surface area contributed by atoms with Crippen LogP contribution in [-0.2, 0) is 4.84 Å². The predicted molar refractivity (Wildman–Crippen MR) is 89.8 cm³/mol. The van der Waals surface area contributed by atoms with Crippen LogP contribution in [0.15, 0.2) is 53.7 Å². The molecule has 2 aromatic rings. The third-order valence-corrected chi connectivity index (χ3v) is 3.56. The first-order valence-corrected chi connectivity index (χ1v) is 7.50. The van der Waals surface area contributed by atoms with E-state index >= 15 is 0 Å². The molecule has 0 unspecified atom stereocenters. The molecule has 0 aliphatic rings. The van der Waals surface area contributed by atoms with Crippen molar-refractivity contribution in [3.8, 4) is 5.75 Å². The summed E-state index contributed by atoms with van der Waals surface area (Å²) in [5, 5.41) is 3.72. The molecular weight excluding hydrogens is 381 g/mol. The molecule has 0 aliphatic heterocycles. The molecule has 0 aliphatic carbocycles. The first-order chi connectivity index (χ1) is 10.2. The van der Waals surface area contributed by atoms with Gasteiger partial charge in [-0.05, 0) is 71.5 Å². The minimum atomic E-state index is -0.470. The average molecular weight is 395 g/mol. The van der Waals surface area contributed by atoms with Crippen LogP contribution in [0, 0.1) is 3.57 Å². The minimum Gasteiger partial charge on any atom is -0.494 e. The average Bonchev–Trinajstić information content (AvgIpc) is 2.49. The lowest BCUT2D eigenvalue weighted by atomic mass is 10.2. The summed E-state index contributed by atoms with van der Waals surface area (Å²) in [6, 6.07) is 14.6. The van der Waals surface area contributed by atoms with Crippen LogP contribution in [0.3, 0.4) is 0 Å². The van der Waals surface area contributed by atoms with Crippen molar-refractivity contribution in [2.45, 2.75) is 6.92 Å². The highest BCUT2D eigenvalue weighted by Gasteiger charge is 2.09. The molecule has 0 N–H and O–H groups in total. The lowest BCUT2D eigenvalue weighted by Crippen LogP contribution is -2.03. The van der Waals surface area contributed by atoms with Gasteiger partial charge in [0.25, 0.3) is 0 Å². The van der Waals surface area contributed by atoms with E-state index in [9.17, 15) is 4.79 Å². The van der Waals surface area contributed by atoms with Crippen molar-refractivity contribution in [1.82, 2.24) is 0 Å². The van der Waals surface area contributed by atoms with Crippen molar-refractivity contribution < 1.29 is 14.4 Å². The van der Waals surface area contributed by atoms with Gasteiger partial charge in [0, 0.05) is 3.57 Å². The first-order valence-electron chi connectivity index (χ1n) is 6.43. The van der Waals surface area contributed by atoms with E-state index in [-0.39, 0.29) is 0 Å². The number of ether oxygens (including phenoxy) is 1. The van der Waals surface area contributed by atoms with Gasteiger partial charge in [-0.25, -0.2) is 4.79 Å². The van der Waals surface area contributed by atoms with Crippen LogP contribution in [-0.4, -0.2) is 18.8 Å². The lowest BCUT2D eigenvalue weighted by molar-refractivity contribution is 0.0518. The number of hydrogen-bond acceptors (Lipinski definition) is 4. The topological polar surface area (TPSA) is 47.9 Å². The lowest BCUT2D eigenvalue weighted by Gasteiger charge is -2.02. The zero-order valence-electron chi connectivity index (χ0n) is 11.5. The third kappa shape index (κ3) is 4.56. The van der Waals surface area contributed by atoms with E-state index in [1.807, 2.05) is 43.3 Å². The van der Waals surface area contributed by atoms with E-state index in [4.69, 9.17) is 9.57 Å². The van der Waals surface area contributed by atoms with Crippen molar-refractivity contribution >= 4 is 34.8 Å². The fraction of sp³-hybridized carbons (Fsp3) is 0.125. The summed E-state index contributed by atoms with van der Waals surface area (Å²) in [4.78, 5) is 16.7. The van der Waals surface area contributed by atoms with Crippen molar-refractivity contribution in [2.75, 3.05) is 6.61 Å². The second-order valence-electron chi connectivity index (χ2n) is 4.10. The van der Waals surface area contributed by atoms with Gasteiger partial charge in [0.2, 0.25) is 0 Å². The van der Waals surface area contributed by atoms with Crippen LogP contribution in [0.4, 0.5) is 0 Å². The molecule has 0 fully saturated rings. The van der Waals surface area contributed by atoms with Crippen LogP contribution in [0.5, 0.6) is 5.75 Å². The molecule has 0 radical (unpaired) electrons. The number of carbonyl (C=O) groups excluding carboxylic acids is 1. The molecule has 21 heavy (non-hydrogen) atoms. The molecule has 0 spiro atoms. The Morgan fingerprint density at radius 1 is 1.19 bits per heavy atom. The zero-order valence-corrected chi connectivity index (χ0v) is 13.6. The molecular formula is C16H14INO3. The van der Waals surface area contributed by atoms with Crippen LogP contribution in [0.2, 0.25) is 0 Å². The molecule has 2 rings (SSSR count). The molecule has 108 valence electrons. The molecule has 0 heterocycles. The highest BCUT2D eigenvalue weighted by atomic mass is 127. The van der Waals surface area contributed by atoms with E-state index in [2.05, 4.69) is 27.7 Å². The van der Waals surface area contributed by atoms with Gasteiger partial charge in [-0.2, -0.15) is 0 Å². The molecule has 0 saturated carbocycles. The molecule has 4 nitrogen and oxygen atoms in total. The van der Waals surface area contributed by atoms with Gasteiger partial charge >= 0.3 is 5.97 Å². The van der Waals surface area contributed by atoms with Gasteiger partial charge in [-0.1, -0.05) is 17.3 Å². The van der Waals surface area contributed by atoms with E-state index in [1.165, 1.54) is 6.21 Å². The van der Waals surface area contributed by atoms with E-state index < -0.39 is 5.97 Å². The Kier molecular flexibility index (Phi) is 5.74. The molecule has 0 amide bonds. The van der Waals surface area contributed by atoms with Gasteiger partial charge in [-0.15, -0.1) is 0 Å². The third-order valence-electron chi connectivity index (χ3n) is 2.62. The highest BCUT2D eigenvalue weighted by molar-refractivity contribution is 14.1. The number of benzene rings is 2. The van der Waals surface area contributed by atoms with Crippen molar-refractivity contribution in [3.63, 3.8) is 0 Å². The van der Waals surface area contributed by atoms with Crippen LogP contribution in [0.1, 0.15) is 22.8 Å². The fourth-order valence-electron chi connectivity index (χ4n) is 1.63. The Morgan fingerprint density at radius 3 is 2.57 bits per heavy atom. The normalized spacial score (nSPS) is 10.6. The monoisotopic (exact) mass is 395 g/mol. The number of rotatable bonds is 5. The molecule has 0 bridgehead atoms. The zero-order chi connectivity index (χ0) is 15.1. The smallest absolute Gasteiger partial charge is 0.366 e. The van der Waals surface area contributed by atoms with Gasteiger partial charge < -0.3 is 9.57 Å². The summed E-state index contributed by atoms with van der Waals surface area (Å²) < 4.78 is 6.17. The molecule has 0 aromatic heterocycles. The Morgan fingerprint density at radius 2 is 1.90 bits per heavy atom. The molecule has 5 heteroatoms. The second-order valence-corrected chi connectivity index (χ2v) is 5.26. The maximum atomic E-state index is 11.8. The van der Waals surface area contributed by atoms with Crippen molar-refractivity contribution in [1.29, 1.82) is 0 Å². The van der Waals surface area contributed by atoms with Gasteiger partial charge in [-0.3, -0.25) is 0 Å². The highest BCUT2D eigenvalue weighted by Crippen LogP contribution is 2.13. The number of hydrogen-bond donors (Lipinski definition) is 0. The van der Waals surface area contributed by atoms with Gasteiger partial charge in [0.15, 0.2) is 0 Å². The molecule has 0 saturated heterocycles. The first kappa shape index (κ1) is 15.5. The van der Waals surface area contributed by atoms with Gasteiger partial charge in [0.05, 0.1) is 18.4 Å². The molecule has 0 atom stereocenters. The fourth-order valence-corrected chi connectivity index (χ4v) is 2.24. The predicted octanol–water partition coefficient (Wildman–Crippen LogP) is 3.88. The van der Waals surface area contributed by atoms with E-state index in [0.717, 1.165) is 14.9 Å². The Labute approximate surface area is 136 Å². The number of oxime groups is 1. The maximum Gasteiger partial charge on any atom is 0.366 e. The Bertz CT molecular complexity index is 638. The maximum absolute atomic E-state index is 11.8. The van der Waals surface area contributed by atoms with E-state index in [1.54, 1.807) is 12.1 Å². The Hall–Kier alpha value is -1.89.